The van der Waals surface area contributed by atoms with Crippen molar-refractivity contribution in [3.05, 3.63) is 35.9 Å². The highest BCUT2D eigenvalue weighted by atomic mass is 32.2. The van der Waals surface area contributed by atoms with Gasteiger partial charge in [-0.3, -0.25) is 4.79 Å². The molecule has 2 atom stereocenters. The number of hydrogen-bond donors (Lipinski definition) is 2. The van der Waals surface area contributed by atoms with Crippen LogP contribution >= 0.6 is 0 Å². The average molecular weight is 323 g/mol. The molecule has 1 heterocycles. The molecular weight excluding hydrogens is 306 g/mol. The Hall–Kier alpha value is -1.86. The van der Waals surface area contributed by atoms with Gasteiger partial charge in [0.1, 0.15) is 5.75 Å². The number of rotatable bonds is 4. The summed E-state index contributed by atoms with van der Waals surface area (Å²) in [6.45, 7) is 0.556. The van der Waals surface area contributed by atoms with Gasteiger partial charge in [0.05, 0.1) is 17.4 Å². The first-order valence-corrected chi connectivity index (χ1v) is 8.61. The SMILES string of the molecule is O=C(O)[C@@H]1CC=CC[C@@H]1NS(=O)(=O)c1ccc2c(c1)OCC2. The lowest BCUT2D eigenvalue weighted by Gasteiger charge is -2.26. The van der Waals surface area contributed by atoms with Gasteiger partial charge in [0, 0.05) is 18.5 Å². The molecular formula is C15H17NO5S. The van der Waals surface area contributed by atoms with E-state index in [0.29, 0.717) is 25.2 Å². The zero-order valence-corrected chi connectivity index (χ0v) is 12.7. The van der Waals surface area contributed by atoms with E-state index in [-0.39, 0.29) is 4.90 Å². The first-order chi connectivity index (χ1) is 10.5. The molecule has 0 radical (unpaired) electrons. The Morgan fingerprint density at radius 2 is 2.05 bits per heavy atom. The van der Waals surface area contributed by atoms with Crippen molar-refractivity contribution in [2.75, 3.05) is 6.61 Å². The minimum atomic E-state index is -3.78. The fourth-order valence-electron chi connectivity index (χ4n) is 2.80. The van der Waals surface area contributed by atoms with Crippen molar-refractivity contribution in [1.82, 2.24) is 4.72 Å². The molecule has 3 rings (SSSR count). The van der Waals surface area contributed by atoms with Crippen LogP contribution in [0.3, 0.4) is 0 Å². The molecule has 0 aromatic heterocycles. The predicted octanol–water partition coefficient (Wildman–Crippen LogP) is 1.32. The molecule has 1 aliphatic carbocycles. The molecule has 22 heavy (non-hydrogen) atoms. The minimum Gasteiger partial charge on any atom is -0.493 e. The van der Waals surface area contributed by atoms with E-state index in [2.05, 4.69) is 4.72 Å². The van der Waals surface area contributed by atoms with E-state index < -0.39 is 28.0 Å². The number of allylic oxidation sites excluding steroid dienone is 1. The maximum absolute atomic E-state index is 12.5. The van der Waals surface area contributed by atoms with Gasteiger partial charge in [0.2, 0.25) is 10.0 Å². The first-order valence-electron chi connectivity index (χ1n) is 7.13. The maximum atomic E-state index is 12.5. The number of carbonyl (C=O) groups is 1. The van der Waals surface area contributed by atoms with Crippen LogP contribution in [-0.2, 0) is 21.2 Å². The highest BCUT2D eigenvalue weighted by Crippen LogP contribution is 2.29. The van der Waals surface area contributed by atoms with E-state index in [4.69, 9.17) is 4.74 Å². The number of sulfonamides is 1. The number of ether oxygens (including phenoxy) is 1. The number of nitrogens with one attached hydrogen (secondary N) is 1. The third kappa shape index (κ3) is 2.86. The molecule has 0 bridgehead atoms. The van der Waals surface area contributed by atoms with Gasteiger partial charge in [-0.15, -0.1) is 0 Å². The van der Waals surface area contributed by atoms with Crippen molar-refractivity contribution in [3.63, 3.8) is 0 Å². The van der Waals surface area contributed by atoms with Crippen LogP contribution in [0.5, 0.6) is 5.75 Å². The van der Waals surface area contributed by atoms with Crippen LogP contribution in [0.1, 0.15) is 18.4 Å². The van der Waals surface area contributed by atoms with Crippen molar-refractivity contribution in [2.45, 2.75) is 30.2 Å². The quantitative estimate of drug-likeness (QED) is 0.815. The Balaban J connectivity index is 1.84. The molecule has 0 saturated carbocycles. The Bertz CT molecular complexity index is 725. The van der Waals surface area contributed by atoms with Crippen LogP contribution in [0, 0.1) is 5.92 Å². The molecule has 6 nitrogen and oxygen atoms in total. The summed E-state index contributed by atoms with van der Waals surface area (Å²) in [5.74, 6) is -1.15. The van der Waals surface area contributed by atoms with Gasteiger partial charge in [-0.05, 0) is 24.5 Å². The molecule has 0 unspecified atom stereocenters. The Morgan fingerprint density at radius 1 is 1.27 bits per heavy atom. The average Bonchev–Trinajstić information content (AvgIpc) is 2.94. The van der Waals surface area contributed by atoms with Crippen molar-refractivity contribution in [2.24, 2.45) is 5.92 Å². The van der Waals surface area contributed by atoms with E-state index in [1.807, 2.05) is 0 Å². The van der Waals surface area contributed by atoms with Crippen LogP contribution in [-0.4, -0.2) is 32.1 Å². The zero-order chi connectivity index (χ0) is 15.7. The fraction of sp³-hybridized carbons (Fsp3) is 0.400. The summed E-state index contributed by atoms with van der Waals surface area (Å²) in [6, 6.07) is 4.14. The summed E-state index contributed by atoms with van der Waals surface area (Å²) >= 11 is 0. The molecule has 0 amide bonds. The lowest BCUT2D eigenvalue weighted by molar-refractivity contribution is -0.142. The first kappa shape index (κ1) is 15.1. The van der Waals surface area contributed by atoms with Crippen molar-refractivity contribution < 1.29 is 23.1 Å². The minimum absolute atomic E-state index is 0.104. The number of hydrogen-bond acceptors (Lipinski definition) is 4. The zero-order valence-electron chi connectivity index (χ0n) is 11.9. The Labute approximate surface area is 128 Å². The molecule has 0 spiro atoms. The highest BCUT2D eigenvalue weighted by Gasteiger charge is 2.32. The summed E-state index contributed by atoms with van der Waals surface area (Å²) in [5, 5.41) is 9.21. The predicted molar refractivity (Wildman–Crippen MR) is 79.3 cm³/mol. The van der Waals surface area contributed by atoms with E-state index in [1.54, 1.807) is 18.2 Å². The lowest BCUT2D eigenvalue weighted by Crippen LogP contribution is -2.44. The number of aliphatic carboxylic acids is 1. The molecule has 0 saturated heterocycles. The molecule has 1 aromatic carbocycles. The van der Waals surface area contributed by atoms with E-state index in [9.17, 15) is 18.3 Å². The van der Waals surface area contributed by atoms with Gasteiger partial charge in [-0.1, -0.05) is 18.2 Å². The van der Waals surface area contributed by atoms with Crippen LogP contribution in [0.25, 0.3) is 0 Å². The monoisotopic (exact) mass is 323 g/mol. The molecule has 118 valence electrons. The second-order valence-electron chi connectivity index (χ2n) is 5.48. The van der Waals surface area contributed by atoms with E-state index in [1.165, 1.54) is 12.1 Å². The van der Waals surface area contributed by atoms with Crippen molar-refractivity contribution >= 4 is 16.0 Å². The summed E-state index contributed by atoms with van der Waals surface area (Å²) in [6.07, 6.45) is 5.05. The third-order valence-corrected chi connectivity index (χ3v) is 5.52. The maximum Gasteiger partial charge on any atom is 0.308 e. The molecule has 1 aliphatic heterocycles. The van der Waals surface area contributed by atoms with E-state index >= 15 is 0 Å². The summed E-state index contributed by atoms with van der Waals surface area (Å²) in [4.78, 5) is 11.4. The number of carboxylic acids is 1. The van der Waals surface area contributed by atoms with Gasteiger partial charge in [0.25, 0.3) is 0 Å². The summed E-state index contributed by atoms with van der Waals surface area (Å²) in [5.41, 5.74) is 0.989. The largest absolute Gasteiger partial charge is 0.493 e. The van der Waals surface area contributed by atoms with Gasteiger partial charge in [-0.2, -0.15) is 0 Å². The highest BCUT2D eigenvalue weighted by molar-refractivity contribution is 7.89. The van der Waals surface area contributed by atoms with Crippen molar-refractivity contribution in [1.29, 1.82) is 0 Å². The summed E-state index contributed by atoms with van der Waals surface area (Å²) in [7, 11) is -3.78. The van der Waals surface area contributed by atoms with Crippen molar-refractivity contribution in [3.8, 4) is 5.75 Å². The Kier molecular flexibility index (Phi) is 3.92. The van der Waals surface area contributed by atoms with Crippen LogP contribution in [0.4, 0.5) is 0 Å². The van der Waals surface area contributed by atoms with E-state index in [0.717, 1.165) is 12.0 Å². The summed E-state index contributed by atoms with van der Waals surface area (Å²) < 4.78 is 32.9. The Morgan fingerprint density at radius 3 is 2.82 bits per heavy atom. The fourth-order valence-corrected chi connectivity index (χ4v) is 4.10. The van der Waals surface area contributed by atoms with Gasteiger partial charge in [0.15, 0.2) is 0 Å². The van der Waals surface area contributed by atoms with Crippen LogP contribution in [0.2, 0.25) is 0 Å². The molecule has 2 N–H and O–H groups in total. The smallest absolute Gasteiger partial charge is 0.308 e. The normalized spacial score (nSPS) is 23.8. The molecule has 1 aromatic rings. The standard InChI is InChI=1S/C15H17NO5S/c17-15(18)12-3-1-2-4-13(12)16-22(19,20)11-6-5-10-7-8-21-14(10)9-11/h1-2,5-6,9,12-13,16H,3-4,7-8H2,(H,17,18)/t12-,13+/m1/s1. The second kappa shape index (κ2) is 5.73. The number of benzene rings is 1. The number of carboxylic acid groups (broad SMARTS) is 1. The lowest BCUT2D eigenvalue weighted by atomic mass is 9.90. The molecule has 7 heteroatoms. The molecule has 0 fully saturated rings. The van der Waals surface area contributed by atoms with Gasteiger partial charge < -0.3 is 9.84 Å². The van der Waals surface area contributed by atoms with Gasteiger partial charge in [-0.25, -0.2) is 13.1 Å². The second-order valence-corrected chi connectivity index (χ2v) is 7.20. The topological polar surface area (TPSA) is 92.7 Å². The van der Waals surface area contributed by atoms with Crippen LogP contribution in [0.15, 0.2) is 35.2 Å². The molecule has 2 aliphatic rings. The third-order valence-electron chi connectivity index (χ3n) is 4.03. The van der Waals surface area contributed by atoms with Crippen LogP contribution < -0.4 is 9.46 Å². The number of fused-ring (bicyclic) bond motifs is 1. The van der Waals surface area contributed by atoms with Gasteiger partial charge >= 0.3 is 5.97 Å².